The van der Waals surface area contributed by atoms with Crippen LogP contribution in [0.1, 0.15) is 46.0 Å². The van der Waals surface area contributed by atoms with Gasteiger partial charge in [-0.1, -0.05) is 13.8 Å². The summed E-state index contributed by atoms with van der Waals surface area (Å²) in [5, 5.41) is 0. The van der Waals surface area contributed by atoms with Gasteiger partial charge in [0.25, 0.3) is 0 Å². The second-order valence-corrected chi connectivity index (χ2v) is 6.82. The van der Waals surface area contributed by atoms with Gasteiger partial charge in [0.2, 0.25) is 11.8 Å². The highest BCUT2D eigenvalue weighted by Crippen LogP contribution is 2.32. The quantitative estimate of drug-likeness (QED) is 0.774. The summed E-state index contributed by atoms with van der Waals surface area (Å²) in [5.74, 6) is 0.507. The zero-order valence-electron chi connectivity index (χ0n) is 13.1. The third-order valence-corrected chi connectivity index (χ3v) is 5.09. The second kappa shape index (κ2) is 5.95. The molecule has 3 aliphatic heterocycles. The van der Waals surface area contributed by atoms with E-state index in [0.29, 0.717) is 13.2 Å². The van der Waals surface area contributed by atoms with Gasteiger partial charge in [-0.2, -0.15) is 0 Å². The van der Waals surface area contributed by atoms with Gasteiger partial charge in [-0.15, -0.1) is 0 Å². The zero-order valence-corrected chi connectivity index (χ0v) is 13.1. The van der Waals surface area contributed by atoms with Crippen LogP contribution in [0.4, 0.5) is 0 Å². The van der Waals surface area contributed by atoms with Crippen LogP contribution in [0.2, 0.25) is 0 Å². The van der Waals surface area contributed by atoms with E-state index in [4.69, 9.17) is 4.74 Å². The van der Waals surface area contributed by atoms with Gasteiger partial charge in [-0.25, -0.2) is 0 Å². The molecule has 0 aromatic rings. The molecule has 3 rings (SSSR count). The van der Waals surface area contributed by atoms with Crippen molar-refractivity contribution >= 4 is 11.8 Å². The predicted molar refractivity (Wildman–Crippen MR) is 78.7 cm³/mol. The second-order valence-electron chi connectivity index (χ2n) is 6.82. The van der Waals surface area contributed by atoms with E-state index in [1.165, 1.54) is 0 Å². The number of fused-ring (bicyclic) bond motifs is 1. The minimum atomic E-state index is -0.282. The Balaban J connectivity index is 1.90. The first-order valence-electron chi connectivity index (χ1n) is 8.31. The summed E-state index contributed by atoms with van der Waals surface area (Å²) in [6.07, 6.45) is 4.62. The van der Waals surface area contributed by atoms with Gasteiger partial charge in [0.1, 0.15) is 12.1 Å². The smallest absolute Gasteiger partial charge is 0.246 e. The first-order valence-corrected chi connectivity index (χ1v) is 8.31. The Morgan fingerprint density at radius 1 is 1.05 bits per heavy atom. The molecule has 0 saturated carbocycles. The fraction of sp³-hybridized carbons (Fsp3) is 0.875. The molecule has 2 amide bonds. The van der Waals surface area contributed by atoms with Crippen molar-refractivity contribution in [3.05, 3.63) is 0 Å². The van der Waals surface area contributed by atoms with E-state index in [1.807, 2.05) is 23.6 Å². The molecule has 3 fully saturated rings. The standard InChI is InChI=1S/C16H26N2O3/c1-11(2)14-16(20)17-8-4-3-5-13(17)15(19)18(14)12-6-9-21-10-7-12/h11-14H,3-10H2,1-2H3. The van der Waals surface area contributed by atoms with Crippen molar-refractivity contribution < 1.29 is 14.3 Å². The van der Waals surface area contributed by atoms with Crippen molar-refractivity contribution in [3.63, 3.8) is 0 Å². The molecule has 0 aromatic carbocycles. The topological polar surface area (TPSA) is 49.9 Å². The maximum absolute atomic E-state index is 13.0. The Hall–Kier alpha value is -1.10. The van der Waals surface area contributed by atoms with Crippen LogP contribution in [0.5, 0.6) is 0 Å². The van der Waals surface area contributed by atoms with Gasteiger partial charge in [-0.05, 0) is 38.0 Å². The normalized spacial score (nSPS) is 31.8. The average molecular weight is 294 g/mol. The molecule has 2 atom stereocenters. The first kappa shape index (κ1) is 14.8. The van der Waals surface area contributed by atoms with E-state index in [-0.39, 0.29) is 35.9 Å². The molecule has 2 unspecified atom stereocenters. The summed E-state index contributed by atoms with van der Waals surface area (Å²) < 4.78 is 5.42. The van der Waals surface area contributed by atoms with Crippen LogP contribution < -0.4 is 0 Å². The highest BCUT2D eigenvalue weighted by molar-refractivity contribution is 5.97. The van der Waals surface area contributed by atoms with Gasteiger partial charge in [-0.3, -0.25) is 9.59 Å². The molecule has 5 heteroatoms. The third-order valence-electron chi connectivity index (χ3n) is 5.09. The molecule has 0 aromatic heterocycles. The SMILES string of the molecule is CC(C)C1C(=O)N2CCCCC2C(=O)N1C1CCOCC1. The Morgan fingerprint density at radius 3 is 2.43 bits per heavy atom. The zero-order chi connectivity index (χ0) is 15.0. The number of rotatable bonds is 2. The lowest BCUT2D eigenvalue weighted by Gasteiger charge is -2.51. The molecule has 3 heterocycles. The molecule has 0 radical (unpaired) electrons. The monoisotopic (exact) mass is 294 g/mol. The molecule has 0 N–H and O–H groups in total. The van der Waals surface area contributed by atoms with Crippen molar-refractivity contribution in [2.45, 2.75) is 64.1 Å². The number of nitrogens with zero attached hydrogens (tertiary/aromatic N) is 2. The molecule has 0 bridgehead atoms. The number of piperidine rings is 1. The summed E-state index contributed by atoms with van der Waals surface area (Å²) >= 11 is 0. The number of carbonyl (C=O) groups excluding carboxylic acids is 2. The summed E-state index contributed by atoms with van der Waals surface area (Å²) in [5.41, 5.74) is 0. The van der Waals surface area contributed by atoms with Crippen molar-refractivity contribution in [1.29, 1.82) is 0 Å². The van der Waals surface area contributed by atoms with Crippen molar-refractivity contribution in [2.24, 2.45) is 5.92 Å². The number of ether oxygens (including phenoxy) is 1. The number of hydrogen-bond donors (Lipinski definition) is 0. The van der Waals surface area contributed by atoms with Crippen LogP contribution in [0.15, 0.2) is 0 Å². The van der Waals surface area contributed by atoms with Crippen LogP contribution in [0, 0.1) is 5.92 Å². The van der Waals surface area contributed by atoms with E-state index in [0.717, 1.165) is 38.6 Å². The summed E-state index contributed by atoms with van der Waals surface area (Å²) in [4.78, 5) is 29.7. The Kier molecular flexibility index (Phi) is 4.20. The largest absolute Gasteiger partial charge is 0.381 e. The van der Waals surface area contributed by atoms with Gasteiger partial charge < -0.3 is 14.5 Å². The number of hydrogen-bond acceptors (Lipinski definition) is 3. The fourth-order valence-corrected chi connectivity index (χ4v) is 4.03. The van der Waals surface area contributed by atoms with E-state index in [1.54, 1.807) is 0 Å². The lowest BCUT2D eigenvalue weighted by molar-refractivity contribution is -0.170. The molecule has 118 valence electrons. The van der Waals surface area contributed by atoms with Crippen molar-refractivity contribution in [2.75, 3.05) is 19.8 Å². The lowest BCUT2D eigenvalue weighted by atomic mass is 9.88. The van der Waals surface area contributed by atoms with Gasteiger partial charge in [0, 0.05) is 25.8 Å². The summed E-state index contributed by atoms with van der Waals surface area (Å²) in [6, 6.07) is -0.314. The van der Waals surface area contributed by atoms with Gasteiger partial charge in [0.15, 0.2) is 0 Å². The van der Waals surface area contributed by atoms with Crippen LogP contribution in [0.3, 0.4) is 0 Å². The average Bonchev–Trinajstić information content (AvgIpc) is 2.51. The maximum Gasteiger partial charge on any atom is 0.246 e. The van der Waals surface area contributed by atoms with E-state index in [9.17, 15) is 9.59 Å². The molecular weight excluding hydrogens is 268 g/mol. The molecule has 3 aliphatic rings. The minimum absolute atomic E-state index is 0.159. The van der Waals surface area contributed by atoms with E-state index in [2.05, 4.69) is 0 Å². The van der Waals surface area contributed by atoms with Crippen molar-refractivity contribution in [1.82, 2.24) is 9.80 Å². The van der Waals surface area contributed by atoms with E-state index < -0.39 is 0 Å². The summed E-state index contributed by atoms with van der Waals surface area (Å²) in [6.45, 7) is 6.24. The number of piperazine rings is 1. The third kappa shape index (κ3) is 2.56. The molecule has 0 aliphatic carbocycles. The molecule has 0 spiro atoms. The van der Waals surface area contributed by atoms with Crippen LogP contribution >= 0.6 is 0 Å². The van der Waals surface area contributed by atoms with Gasteiger partial charge >= 0.3 is 0 Å². The predicted octanol–water partition coefficient (Wildman–Crippen LogP) is 1.41. The Bertz CT molecular complexity index is 418. The molecular formula is C16H26N2O3. The van der Waals surface area contributed by atoms with Crippen molar-refractivity contribution in [3.8, 4) is 0 Å². The maximum atomic E-state index is 13.0. The number of carbonyl (C=O) groups is 2. The van der Waals surface area contributed by atoms with E-state index >= 15 is 0 Å². The number of amides is 2. The first-order chi connectivity index (χ1) is 10.1. The molecule has 21 heavy (non-hydrogen) atoms. The highest BCUT2D eigenvalue weighted by atomic mass is 16.5. The summed E-state index contributed by atoms with van der Waals surface area (Å²) in [7, 11) is 0. The molecule has 5 nitrogen and oxygen atoms in total. The van der Waals surface area contributed by atoms with Gasteiger partial charge in [0.05, 0.1) is 0 Å². The lowest BCUT2D eigenvalue weighted by Crippen LogP contribution is -2.69. The van der Waals surface area contributed by atoms with Crippen LogP contribution in [0.25, 0.3) is 0 Å². The fourth-order valence-electron chi connectivity index (χ4n) is 4.03. The Labute approximate surface area is 126 Å². The molecule has 3 saturated heterocycles. The van der Waals surface area contributed by atoms with Crippen LogP contribution in [-0.2, 0) is 14.3 Å². The van der Waals surface area contributed by atoms with Crippen LogP contribution in [-0.4, -0.2) is 59.5 Å². The highest BCUT2D eigenvalue weighted by Gasteiger charge is 2.49. The Morgan fingerprint density at radius 2 is 1.76 bits per heavy atom. The minimum Gasteiger partial charge on any atom is -0.381 e.